The SMILES string of the molecule is COc1ccc2cc(-c3ccc(Br)cc3)c(=O)oc2c1. The van der Waals surface area contributed by atoms with Crippen molar-refractivity contribution in [3.63, 3.8) is 0 Å². The summed E-state index contributed by atoms with van der Waals surface area (Å²) in [5.74, 6) is 0.664. The van der Waals surface area contributed by atoms with Crippen LogP contribution < -0.4 is 10.4 Å². The van der Waals surface area contributed by atoms with Gasteiger partial charge in [-0.05, 0) is 35.9 Å². The summed E-state index contributed by atoms with van der Waals surface area (Å²) in [6.07, 6.45) is 0. The maximum Gasteiger partial charge on any atom is 0.344 e. The van der Waals surface area contributed by atoms with Gasteiger partial charge in [0.1, 0.15) is 11.3 Å². The Kier molecular flexibility index (Phi) is 3.32. The van der Waals surface area contributed by atoms with Crippen LogP contribution in [0.2, 0.25) is 0 Å². The fourth-order valence-corrected chi connectivity index (χ4v) is 2.31. The summed E-state index contributed by atoms with van der Waals surface area (Å²) in [5.41, 5.74) is 1.55. The van der Waals surface area contributed by atoms with E-state index in [4.69, 9.17) is 9.15 Å². The van der Waals surface area contributed by atoms with Gasteiger partial charge in [-0.2, -0.15) is 0 Å². The van der Waals surface area contributed by atoms with Gasteiger partial charge in [0.15, 0.2) is 0 Å². The fourth-order valence-electron chi connectivity index (χ4n) is 2.05. The number of hydrogen-bond acceptors (Lipinski definition) is 3. The average Bonchev–Trinajstić information content (AvgIpc) is 2.47. The molecule has 0 unspecified atom stereocenters. The Hall–Kier alpha value is -2.07. The Balaban J connectivity index is 2.20. The van der Waals surface area contributed by atoms with Crippen molar-refractivity contribution in [2.45, 2.75) is 0 Å². The minimum Gasteiger partial charge on any atom is -0.497 e. The average molecular weight is 331 g/mol. The molecule has 0 amide bonds. The number of rotatable bonds is 2. The molecular weight excluding hydrogens is 320 g/mol. The minimum absolute atomic E-state index is 0.354. The van der Waals surface area contributed by atoms with E-state index in [9.17, 15) is 4.79 Å². The van der Waals surface area contributed by atoms with Crippen LogP contribution in [0.4, 0.5) is 0 Å². The zero-order chi connectivity index (χ0) is 14.1. The van der Waals surface area contributed by atoms with Gasteiger partial charge in [0.05, 0.1) is 12.7 Å². The molecule has 0 fully saturated rings. The Bertz CT molecular complexity index is 819. The van der Waals surface area contributed by atoms with Crippen molar-refractivity contribution in [1.82, 2.24) is 0 Å². The molecule has 0 radical (unpaired) electrons. The van der Waals surface area contributed by atoms with Crippen molar-refractivity contribution in [2.75, 3.05) is 7.11 Å². The molecule has 2 aromatic carbocycles. The van der Waals surface area contributed by atoms with Crippen molar-refractivity contribution in [3.8, 4) is 16.9 Å². The Morgan fingerprint density at radius 3 is 2.50 bits per heavy atom. The topological polar surface area (TPSA) is 39.4 Å². The van der Waals surface area contributed by atoms with E-state index in [-0.39, 0.29) is 5.63 Å². The molecule has 0 aliphatic heterocycles. The van der Waals surface area contributed by atoms with E-state index in [1.807, 2.05) is 42.5 Å². The van der Waals surface area contributed by atoms with Gasteiger partial charge >= 0.3 is 5.63 Å². The van der Waals surface area contributed by atoms with Crippen LogP contribution in [0, 0.1) is 0 Å². The molecule has 0 bridgehead atoms. The summed E-state index contributed by atoms with van der Waals surface area (Å²) in [6.45, 7) is 0. The zero-order valence-corrected chi connectivity index (χ0v) is 12.3. The van der Waals surface area contributed by atoms with Crippen LogP contribution in [0.3, 0.4) is 0 Å². The van der Waals surface area contributed by atoms with Gasteiger partial charge < -0.3 is 9.15 Å². The highest BCUT2D eigenvalue weighted by Crippen LogP contribution is 2.25. The van der Waals surface area contributed by atoms with E-state index in [1.165, 1.54) is 0 Å². The summed E-state index contributed by atoms with van der Waals surface area (Å²) < 4.78 is 11.5. The van der Waals surface area contributed by atoms with E-state index in [2.05, 4.69) is 15.9 Å². The molecule has 4 heteroatoms. The molecular formula is C16H11BrO3. The normalized spacial score (nSPS) is 10.7. The zero-order valence-electron chi connectivity index (χ0n) is 10.7. The summed E-state index contributed by atoms with van der Waals surface area (Å²) >= 11 is 3.38. The molecule has 3 nitrogen and oxygen atoms in total. The number of ether oxygens (including phenoxy) is 1. The molecule has 3 aromatic rings. The lowest BCUT2D eigenvalue weighted by molar-refractivity contribution is 0.414. The van der Waals surface area contributed by atoms with E-state index in [1.54, 1.807) is 13.2 Å². The molecule has 0 saturated carbocycles. The van der Waals surface area contributed by atoms with Gasteiger partial charge in [0, 0.05) is 15.9 Å². The second-order valence-electron chi connectivity index (χ2n) is 4.36. The lowest BCUT2D eigenvalue weighted by Gasteiger charge is -2.04. The first-order valence-electron chi connectivity index (χ1n) is 6.05. The van der Waals surface area contributed by atoms with Gasteiger partial charge in [-0.1, -0.05) is 28.1 Å². The third-order valence-corrected chi connectivity index (χ3v) is 3.63. The first kappa shape index (κ1) is 12.9. The summed E-state index contributed by atoms with van der Waals surface area (Å²) in [5, 5.41) is 0.864. The van der Waals surface area contributed by atoms with Crippen molar-refractivity contribution in [1.29, 1.82) is 0 Å². The molecule has 0 N–H and O–H groups in total. The van der Waals surface area contributed by atoms with E-state index < -0.39 is 0 Å². The Morgan fingerprint density at radius 1 is 1.05 bits per heavy atom. The first-order valence-corrected chi connectivity index (χ1v) is 6.84. The number of benzene rings is 2. The Labute approximate surface area is 123 Å². The molecule has 20 heavy (non-hydrogen) atoms. The smallest absolute Gasteiger partial charge is 0.344 e. The maximum absolute atomic E-state index is 12.1. The van der Waals surface area contributed by atoms with Crippen LogP contribution >= 0.6 is 15.9 Å². The van der Waals surface area contributed by atoms with E-state index >= 15 is 0 Å². The number of methoxy groups -OCH3 is 1. The molecule has 0 atom stereocenters. The number of hydrogen-bond donors (Lipinski definition) is 0. The van der Waals surface area contributed by atoms with Crippen LogP contribution in [-0.2, 0) is 0 Å². The predicted molar refractivity (Wildman–Crippen MR) is 82.2 cm³/mol. The van der Waals surface area contributed by atoms with Crippen LogP contribution in [0.15, 0.2) is 62.2 Å². The highest BCUT2D eigenvalue weighted by atomic mass is 79.9. The lowest BCUT2D eigenvalue weighted by Crippen LogP contribution is -2.02. The molecule has 0 aliphatic rings. The summed E-state index contributed by atoms with van der Waals surface area (Å²) in [7, 11) is 1.58. The molecule has 100 valence electrons. The minimum atomic E-state index is -0.354. The van der Waals surface area contributed by atoms with Gasteiger partial charge in [0.25, 0.3) is 0 Å². The monoisotopic (exact) mass is 330 g/mol. The maximum atomic E-state index is 12.1. The largest absolute Gasteiger partial charge is 0.497 e. The molecule has 0 spiro atoms. The van der Waals surface area contributed by atoms with Crippen LogP contribution in [0.5, 0.6) is 5.75 Å². The van der Waals surface area contributed by atoms with Gasteiger partial charge in [-0.25, -0.2) is 4.79 Å². The molecule has 1 heterocycles. The fraction of sp³-hybridized carbons (Fsp3) is 0.0625. The molecule has 0 aliphatic carbocycles. The second-order valence-corrected chi connectivity index (χ2v) is 5.27. The van der Waals surface area contributed by atoms with Crippen LogP contribution in [0.1, 0.15) is 0 Å². The van der Waals surface area contributed by atoms with Crippen LogP contribution in [-0.4, -0.2) is 7.11 Å². The van der Waals surface area contributed by atoms with Crippen molar-refractivity contribution < 1.29 is 9.15 Å². The molecule has 3 rings (SSSR count). The van der Waals surface area contributed by atoms with Crippen molar-refractivity contribution in [2.24, 2.45) is 0 Å². The van der Waals surface area contributed by atoms with Gasteiger partial charge in [-0.3, -0.25) is 0 Å². The predicted octanol–water partition coefficient (Wildman–Crippen LogP) is 4.23. The van der Waals surface area contributed by atoms with E-state index in [0.717, 1.165) is 15.4 Å². The first-order chi connectivity index (χ1) is 9.67. The van der Waals surface area contributed by atoms with Gasteiger partial charge in [-0.15, -0.1) is 0 Å². The molecule has 1 aromatic heterocycles. The Morgan fingerprint density at radius 2 is 1.80 bits per heavy atom. The van der Waals surface area contributed by atoms with E-state index in [0.29, 0.717) is 16.9 Å². The molecule has 0 saturated heterocycles. The summed E-state index contributed by atoms with van der Waals surface area (Å²) in [4.78, 5) is 12.1. The van der Waals surface area contributed by atoms with Crippen LogP contribution in [0.25, 0.3) is 22.1 Å². The third kappa shape index (κ3) is 2.34. The number of halogens is 1. The summed E-state index contributed by atoms with van der Waals surface area (Å²) in [6, 6.07) is 14.8. The standard InChI is InChI=1S/C16H11BrO3/c1-19-13-7-4-11-8-14(16(18)20-15(11)9-13)10-2-5-12(17)6-3-10/h2-9H,1H3. The van der Waals surface area contributed by atoms with Crippen molar-refractivity contribution >= 4 is 26.9 Å². The number of fused-ring (bicyclic) bond motifs is 1. The highest BCUT2D eigenvalue weighted by Gasteiger charge is 2.08. The second kappa shape index (κ2) is 5.13. The van der Waals surface area contributed by atoms with Crippen molar-refractivity contribution in [3.05, 3.63) is 63.4 Å². The highest BCUT2D eigenvalue weighted by molar-refractivity contribution is 9.10. The van der Waals surface area contributed by atoms with Gasteiger partial charge in [0.2, 0.25) is 0 Å². The quantitative estimate of drug-likeness (QED) is 0.660. The third-order valence-electron chi connectivity index (χ3n) is 3.10. The lowest BCUT2D eigenvalue weighted by atomic mass is 10.1.